The molecule has 1 heterocycles. The summed E-state index contributed by atoms with van der Waals surface area (Å²) in [7, 11) is 0. The molecule has 0 saturated carbocycles. The lowest BCUT2D eigenvalue weighted by Gasteiger charge is -2.34. The van der Waals surface area contributed by atoms with Crippen molar-refractivity contribution in [1.29, 1.82) is 0 Å². The Morgan fingerprint density at radius 1 is 1.19 bits per heavy atom. The summed E-state index contributed by atoms with van der Waals surface area (Å²) in [5.41, 5.74) is 12.0. The molecule has 0 fully saturated rings. The first-order valence-electron chi connectivity index (χ1n) is 8.06. The Labute approximate surface area is 154 Å². The summed E-state index contributed by atoms with van der Waals surface area (Å²) in [5, 5.41) is 5.57. The van der Waals surface area contributed by atoms with Gasteiger partial charge in [-0.1, -0.05) is 42.1 Å². The van der Waals surface area contributed by atoms with Gasteiger partial charge in [-0.15, -0.1) is 0 Å². The second-order valence-corrected chi connectivity index (χ2v) is 7.09. The highest BCUT2D eigenvalue weighted by Crippen LogP contribution is 2.50. The van der Waals surface area contributed by atoms with Gasteiger partial charge in [0.05, 0.1) is 0 Å². The summed E-state index contributed by atoms with van der Waals surface area (Å²) in [5.74, 6) is -1.21. The molecule has 5 nitrogen and oxygen atoms in total. The minimum atomic E-state index is -0.958. The van der Waals surface area contributed by atoms with Crippen LogP contribution in [0.3, 0.4) is 0 Å². The zero-order valence-corrected chi connectivity index (χ0v) is 14.7. The van der Waals surface area contributed by atoms with Crippen LogP contribution in [0.15, 0.2) is 53.6 Å². The number of carbonyl (C=O) groups excluding carboxylic acids is 1. The van der Waals surface area contributed by atoms with E-state index < -0.39 is 22.5 Å². The number of hydrazone groups is 1. The van der Waals surface area contributed by atoms with Crippen molar-refractivity contribution in [2.75, 3.05) is 6.54 Å². The van der Waals surface area contributed by atoms with E-state index >= 15 is 0 Å². The highest BCUT2D eigenvalue weighted by atomic mass is 32.2. The van der Waals surface area contributed by atoms with Crippen LogP contribution in [-0.4, -0.2) is 22.6 Å². The molecule has 0 radical (unpaired) electrons. The lowest BCUT2D eigenvalue weighted by atomic mass is 10.0. The van der Waals surface area contributed by atoms with Crippen LogP contribution in [0.4, 0.5) is 13.6 Å². The van der Waals surface area contributed by atoms with Gasteiger partial charge in [-0.2, -0.15) is 10.1 Å². The van der Waals surface area contributed by atoms with Crippen molar-refractivity contribution in [3.8, 4) is 0 Å². The second kappa shape index (κ2) is 7.43. The van der Waals surface area contributed by atoms with Crippen LogP contribution < -0.4 is 11.5 Å². The Balaban J connectivity index is 2.11. The van der Waals surface area contributed by atoms with E-state index in [1.807, 2.05) is 30.3 Å². The molecule has 0 aliphatic carbocycles. The predicted octanol–water partition coefficient (Wildman–Crippen LogP) is 3.35. The summed E-state index contributed by atoms with van der Waals surface area (Å²) in [6, 6.07) is 11.6. The lowest BCUT2D eigenvalue weighted by Crippen LogP contribution is -2.44. The zero-order chi connectivity index (χ0) is 18.7. The Morgan fingerprint density at radius 2 is 1.92 bits per heavy atom. The summed E-state index contributed by atoms with van der Waals surface area (Å²) in [6.45, 7) is 0.408. The van der Waals surface area contributed by atoms with E-state index in [2.05, 4.69) is 5.10 Å². The Hall–Kier alpha value is -2.45. The molecular weight excluding hydrogens is 358 g/mol. The number of halogens is 2. The van der Waals surface area contributed by atoms with Crippen LogP contribution in [-0.2, 0) is 4.87 Å². The average molecular weight is 376 g/mol. The lowest BCUT2D eigenvalue weighted by molar-refractivity contribution is 0.171. The Morgan fingerprint density at radius 3 is 2.58 bits per heavy atom. The van der Waals surface area contributed by atoms with Crippen molar-refractivity contribution in [3.63, 3.8) is 0 Å². The quantitative estimate of drug-likeness (QED) is 0.839. The first kappa shape index (κ1) is 18.3. The van der Waals surface area contributed by atoms with Gasteiger partial charge >= 0.3 is 6.03 Å². The fraction of sp³-hybridized carbons (Fsp3) is 0.222. The topological polar surface area (TPSA) is 84.7 Å². The molecule has 0 saturated heterocycles. The molecule has 0 aromatic heterocycles. The standard InChI is InChI=1S/C18H18F2N4OS/c19-13-7-8-15(20)14(11-13)16-23-24(17(22)25)18(26-16,9-4-10-21)12-5-2-1-3-6-12/h1-3,5-8,11H,4,9-10,21H2,(H2,22,25). The minimum absolute atomic E-state index is 0.00759. The molecule has 0 spiro atoms. The Kier molecular flexibility index (Phi) is 5.24. The third kappa shape index (κ3) is 3.30. The monoisotopic (exact) mass is 376 g/mol. The van der Waals surface area contributed by atoms with E-state index in [0.717, 1.165) is 28.8 Å². The number of hydrogen-bond donors (Lipinski definition) is 2. The molecule has 1 unspecified atom stereocenters. The van der Waals surface area contributed by atoms with Gasteiger partial charge in [0.1, 0.15) is 21.5 Å². The number of urea groups is 1. The number of amides is 2. The molecule has 0 bridgehead atoms. The molecule has 2 amide bonds. The van der Waals surface area contributed by atoms with E-state index in [1.54, 1.807) is 0 Å². The Bertz CT molecular complexity index is 846. The molecule has 1 aliphatic rings. The van der Waals surface area contributed by atoms with E-state index in [1.165, 1.54) is 11.8 Å². The van der Waals surface area contributed by atoms with Crippen LogP contribution in [0.2, 0.25) is 0 Å². The third-order valence-corrected chi connectivity index (χ3v) is 5.56. The molecule has 2 aromatic carbocycles. The molecule has 1 aliphatic heterocycles. The van der Waals surface area contributed by atoms with Crippen LogP contribution in [0, 0.1) is 11.6 Å². The summed E-state index contributed by atoms with van der Waals surface area (Å²) in [6.07, 6.45) is 1.06. The normalized spacial score (nSPS) is 19.5. The first-order valence-corrected chi connectivity index (χ1v) is 8.88. The molecule has 8 heteroatoms. The maximum absolute atomic E-state index is 14.2. The number of rotatable bonds is 5. The fourth-order valence-corrected chi connectivity index (χ4v) is 4.34. The summed E-state index contributed by atoms with van der Waals surface area (Å²) < 4.78 is 27.9. The largest absolute Gasteiger partial charge is 0.350 e. The van der Waals surface area contributed by atoms with Gasteiger partial charge in [-0.05, 0) is 43.1 Å². The van der Waals surface area contributed by atoms with Crippen molar-refractivity contribution in [2.24, 2.45) is 16.6 Å². The second-order valence-electron chi connectivity index (χ2n) is 5.82. The summed E-state index contributed by atoms with van der Waals surface area (Å²) in [4.78, 5) is 11.2. The van der Waals surface area contributed by atoms with E-state index in [9.17, 15) is 13.6 Å². The number of carbonyl (C=O) groups is 1. The van der Waals surface area contributed by atoms with E-state index in [4.69, 9.17) is 11.5 Å². The maximum Gasteiger partial charge on any atom is 0.336 e. The number of nitrogens with two attached hydrogens (primary N) is 2. The molecule has 2 aromatic rings. The maximum atomic E-state index is 14.2. The molecular formula is C18H18F2N4OS. The van der Waals surface area contributed by atoms with Crippen LogP contribution >= 0.6 is 11.8 Å². The third-order valence-electron chi connectivity index (χ3n) is 4.11. The number of benzene rings is 2. The van der Waals surface area contributed by atoms with Gasteiger partial charge in [-0.25, -0.2) is 13.6 Å². The van der Waals surface area contributed by atoms with Crippen molar-refractivity contribution in [1.82, 2.24) is 5.01 Å². The first-order chi connectivity index (χ1) is 12.5. The number of thioether (sulfide) groups is 1. The molecule has 4 N–H and O–H groups in total. The highest BCUT2D eigenvalue weighted by molar-refractivity contribution is 8.15. The van der Waals surface area contributed by atoms with Gasteiger partial charge in [0.2, 0.25) is 0 Å². The molecule has 136 valence electrons. The van der Waals surface area contributed by atoms with Gasteiger partial charge in [0.25, 0.3) is 0 Å². The zero-order valence-electron chi connectivity index (χ0n) is 13.9. The van der Waals surface area contributed by atoms with Crippen LogP contribution in [0.5, 0.6) is 0 Å². The van der Waals surface area contributed by atoms with Gasteiger partial charge < -0.3 is 11.5 Å². The minimum Gasteiger partial charge on any atom is -0.350 e. The average Bonchev–Trinajstić information content (AvgIpc) is 3.04. The van der Waals surface area contributed by atoms with Gasteiger partial charge in [0, 0.05) is 5.56 Å². The van der Waals surface area contributed by atoms with Crippen LogP contribution in [0.1, 0.15) is 24.0 Å². The number of primary amides is 1. The van der Waals surface area contributed by atoms with Crippen molar-refractivity contribution in [3.05, 3.63) is 71.3 Å². The predicted molar refractivity (Wildman–Crippen MR) is 98.3 cm³/mol. The summed E-state index contributed by atoms with van der Waals surface area (Å²) >= 11 is 1.18. The number of nitrogens with zero attached hydrogens (tertiary/aromatic N) is 2. The van der Waals surface area contributed by atoms with Crippen molar-refractivity contribution in [2.45, 2.75) is 17.7 Å². The smallest absolute Gasteiger partial charge is 0.336 e. The number of hydrogen-bond acceptors (Lipinski definition) is 4. The molecule has 26 heavy (non-hydrogen) atoms. The van der Waals surface area contributed by atoms with E-state index in [0.29, 0.717) is 19.4 Å². The van der Waals surface area contributed by atoms with Crippen molar-refractivity contribution >= 4 is 22.8 Å². The van der Waals surface area contributed by atoms with Gasteiger partial charge in [-0.3, -0.25) is 0 Å². The van der Waals surface area contributed by atoms with Crippen molar-refractivity contribution < 1.29 is 13.6 Å². The SMILES string of the molecule is NCCCC1(c2ccccc2)SC(c2cc(F)ccc2F)=NN1C(N)=O. The van der Waals surface area contributed by atoms with Crippen LogP contribution in [0.25, 0.3) is 0 Å². The molecule has 1 atom stereocenters. The van der Waals surface area contributed by atoms with Gasteiger partial charge in [0.15, 0.2) is 0 Å². The van der Waals surface area contributed by atoms with E-state index in [-0.39, 0.29) is 10.6 Å². The molecule has 3 rings (SSSR count). The highest BCUT2D eigenvalue weighted by Gasteiger charge is 2.48. The fourth-order valence-electron chi connectivity index (χ4n) is 2.92.